The molecule has 0 saturated carbocycles. The first-order valence-electron chi connectivity index (χ1n) is 20.6. The molecule has 7 heterocycles. The van der Waals surface area contributed by atoms with Gasteiger partial charge in [-0.1, -0.05) is 6.07 Å². The molecular weight excluding hydrogens is 790 g/mol. The molecule has 1 saturated heterocycles. The lowest BCUT2D eigenvalue weighted by Crippen LogP contribution is -2.54. The lowest BCUT2D eigenvalue weighted by Gasteiger charge is -2.42. The summed E-state index contributed by atoms with van der Waals surface area (Å²) in [7, 11) is 0. The average Bonchev–Trinajstić information content (AvgIpc) is 3.90. The predicted molar refractivity (Wildman–Crippen MR) is 227 cm³/mol. The Morgan fingerprint density at radius 1 is 0.950 bits per heavy atom. The van der Waals surface area contributed by atoms with Crippen LogP contribution in [0, 0.1) is 20.8 Å². The van der Waals surface area contributed by atoms with E-state index in [2.05, 4.69) is 68.1 Å². The number of thiophene rings is 1. The Morgan fingerprint density at radius 2 is 1.77 bits per heavy atom. The van der Waals surface area contributed by atoms with E-state index in [4.69, 9.17) is 19.5 Å². The highest BCUT2D eigenvalue weighted by Gasteiger charge is 2.42. The van der Waals surface area contributed by atoms with Crippen LogP contribution >= 0.6 is 11.3 Å². The summed E-state index contributed by atoms with van der Waals surface area (Å²) in [5.74, 6) is 2.50. The number of hydrogen-bond donors (Lipinski definition) is 2. The van der Waals surface area contributed by atoms with Gasteiger partial charge in [0.15, 0.2) is 5.82 Å². The quantitative estimate of drug-likeness (QED) is 0.112. The number of benzene rings is 2. The normalized spacial score (nSPS) is 19.7. The maximum Gasteiger partial charge on any atom is 0.401 e. The minimum atomic E-state index is -4.33. The standard InChI is InChI=1S/C44H49F3N10O2S/c1-25-19-35-34(12-14-37-36(35)21-49-53-37)41(56(25)24-44(45,46)47)38-13-9-31(20-48-38)51-32-22-55(23-32)15-6-16-58-17-18-59-33-10-7-30(8-11-33)40-39-26(2)28(4)60-43(39)57-29(5)52-54-42(57)27(3)50-40/h7-14,20-21,25,27,32,41,51H,6,15-19,22-24H2,1-5H3,(H,49,53)/t25-,27+,41+/m1/s1. The zero-order valence-corrected chi connectivity index (χ0v) is 35.2. The average molecular weight is 839 g/mol. The first-order valence-corrected chi connectivity index (χ1v) is 21.4. The van der Waals surface area contributed by atoms with E-state index in [1.807, 2.05) is 50.2 Å². The molecule has 16 heteroatoms. The van der Waals surface area contributed by atoms with Crippen LogP contribution in [-0.4, -0.2) is 110 Å². The van der Waals surface area contributed by atoms with Gasteiger partial charge in [-0.15, -0.1) is 21.5 Å². The van der Waals surface area contributed by atoms with Crippen molar-refractivity contribution in [3.05, 3.63) is 111 Å². The maximum absolute atomic E-state index is 13.8. The summed E-state index contributed by atoms with van der Waals surface area (Å²) in [6.07, 6.45) is 0.594. The molecule has 3 atom stereocenters. The number of ether oxygens (including phenoxy) is 2. The van der Waals surface area contributed by atoms with Gasteiger partial charge in [0.2, 0.25) is 0 Å². The molecule has 0 radical (unpaired) electrons. The van der Waals surface area contributed by atoms with Gasteiger partial charge in [0, 0.05) is 53.7 Å². The van der Waals surface area contributed by atoms with Crippen molar-refractivity contribution in [2.75, 3.05) is 51.3 Å². The molecule has 12 nitrogen and oxygen atoms in total. The first-order chi connectivity index (χ1) is 28.9. The molecule has 0 aliphatic carbocycles. The van der Waals surface area contributed by atoms with Gasteiger partial charge in [-0.2, -0.15) is 18.3 Å². The summed E-state index contributed by atoms with van der Waals surface area (Å²) in [4.78, 5) is 15.0. The van der Waals surface area contributed by atoms with Crippen molar-refractivity contribution < 1.29 is 22.6 Å². The van der Waals surface area contributed by atoms with Gasteiger partial charge >= 0.3 is 6.18 Å². The minimum absolute atomic E-state index is 0.131. The zero-order valence-electron chi connectivity index (χ0n) is 34.4. The molecule has 0 unspecified atom stereocenters. The van der Waals surface area contributed by atoms with Crippen molar-refractivity contribution in [2.24, 2.45) is 4.99 Å². The van der Waals surface area contributed by atoms with E-state index in [1.165, 1.54) is 15.3 Å². The van der Waals surface area contributed by atoms with Crippen molar-refractivity contribution in [1.82, 2.24) is 39.7 Å². The fourth-order valence-electron chi connectivity index (χ4n) is 8.84. The van der Waals surface area contributed by atoms with E-state index in [9.17, 15) is 13.2 Å². The van der Waals surface area contributed by atoms with Gasteiger partial charge in [0.05, 0.1) is 60.2 Å². The third kappa shape index (κ3) is 7.93. The Labute approximate surface area is 350 Å². The van der Waals surface area contributed by atoms with Crippen LogP contribution < -0.4 is 10.1 Å². The van der Waals surface area contributed by atoms with Gasteiger partial charge in [-0.25, -0.2) is 0 Å². The van der Waals surface area contributed by atoms with Crippen LogP contribution in [0.3, 0.4) is 0 Å². The number of likely N-dealkylation sites (tertiary alicyclic amines) is 1. The van der Waals surface area contributed by atoms with Crippen molar-refractivity contribution in [3.8, 4) is 10.8 Å². The van der Waals surface area contributed by atoms with E-state index < -0.39 is 18.8 Å². The molecule has 60 heavy (non-hydrogen) atoms. The van der Waals surface area contributed by atoms with Crippen LogP contribution in [0.25, 0.3) is 15.9 Å². The summed E-state index contributed by atoms with van der Waals surface area (Å²) < 4.78 is 55.5. The summed E-state index contributed by atoms with van der Waals surface area (Å²) >= 11 is 1.75. The SMILES string of the molecule is Cc1sc2c(c1C)C(c1ccc(OCCOCCCN3CC(Nc4ccc([C@@H]5c6ccc7[nH]ncc7c6C[C@@H](C)N5CC(F)(F)F)nc4)C3)cc1)=N[C@@H](C)c1nnc(C)n1-2. The number of aliphatic imine (C=N–C) groups is 1. The Balaban J connectivity index is 0.715. The second-order valence-electron chi connectivity index (χ2n) is 16.2. The first kappa shape index (κ1) is 40.3. The van der Waals surface area contributed by atoms with E-state index in [-0.39, 0.29) is 18.1 Å². The lowest BCUT2D eigenvalue weighted by molar-refractivity contribution is -0.155. The molecule has 4 aromatic heterocycles. The second kappa shape index (κ2) is 16.4. The molecule has 6 aromatic rings. The van der Waals surface area contributed by atoms with Gasteiger partial charge in [-0.05, 0) is 107 Å². The van der Waals surface area contributed by atoms with Crippen LogP contribution in [0.2, 0.25) is 0 Å². The van der Waals surface area contributed by atoms with Gasteiger partial charge in [0.1, 0.15) is 29.2 Å². The zero-order chi connectivity index (χ0) is 41.7. The number of H-pyrrole nitrogens is 1. The highest BCUT2D eigenvalue weighted by Crippen LogP contribution is 2.42. The smallest absolute Gasteiger partial charge is 0.401 e. The molecule has 9 rings (SSSR count). The van der Waals surface area contributed by atoms with Gasteiger partial charge in [-0.3, -0.25) is 29.4 Å². The molecule has 1 fully saturated rings. The highest BCUT2D eigenvalue weighted by molar-refractivity contribution is 7.15. The molecule has 0 amide bonds. The largest absolute Gasteiger partial charge is 0.491 e. The van der Waals surface area contributed by atoms with Crippen molar-refractivity contribution >= 4 is 33.6 Å². The summed E-state index contributed by atoms with van der Waals surface area (Å²) in [6, 6.07) is 14.9. The van der Waals surface area contributed by atoms with Crippen LogP contribution in [-0.2, 0) is 11.2 Å². The Morgan fingerprint density at radius 3 is 2.53 bits per heavy atom. The summed E-state index contributed by atoms with van der Waals surface area (Å²) in [6.45, 7) is 13.5. The molecule has 2 aromatic carbocycles. The number of rotatable bonds is 13. The lowest BCUT2D eigenvalue weighted by atomic mass is 9.85. The summed E-state index contributed by atoms with van der Waals surface area (Å²) in [5, 5.41) is 21.6. The molecule has 314 valence electrons. The van der Waals surface area contributed by atoms with Crippen LogP contribution in [0.15, 0.2) is 65.9 Å². The maximum atomic E-state index is 13.8. The molecule has 0 bridgehead atoms. The Bertz CT molecular complexity index is 2510. The topological polar surface area (TPSA) is 122 Å². The number of anilines is 1. The number of alkyl halides is 3. The number of aryl methyl sites for hydroxylation is 2. The van der Waals surface area contributed by atoms with Gasteiger partial charge in [0.25, 0.3) is 0 Å². The van der Waals surface area contributed by atoms with Crippen LogP contribution in [0.1, 0.15) is 82.4 Å². The molecular formula is C44H49F3N10O2S. The molecule has 2 N–H and O–H groups in total. The van der Waals surface area contributed by atoms with Crippen LogP contribution in [0.5, 0.6) is 5.75 Å². The van der Waals surface area contributed by atoms with Crippen LogP contribution in [0.4, 0.5) is 18.9 Å². The number of pyridine rings is 1. The number of aromatic nitrogens is 6. The molecule has 0 spiro atoms. The Kier molecular flexibility index (Phi) is 11.0. The van der Waals surface area contributed by atoms with E-state index >= 15 is 0 Å². The minimum Gasteiger partial charge on any atom is -0.491 e. The fourth-order valence-corrected chi connectivity index (χ4v) is 10.1. The van der Waals surface area contributed by atoms with Crippen molar-refractivity contribution in [2.45, 2.75) is 77.8 Å². The van der Waals surface area contributed by atoms with E-state index in [1.54, 1.807) is 23.7 Å². The highest BCUT2D eigenvalue weighted by atomic mass is 32.1. The summed E-state index contributed by atoms with van der Waals surface area (Å²) in [5.41, 5.74) is 8.57. The third-order valence-corrected chi connectivity index (χ3v) is 13.2. The van der Waals surface area contributed by atoms with E-state index in [0.717, 1.165) is 93.0 Å². The van der Waals surface area contributed by atoms with E-state index in [0.29, 0.717) is 31.9 Å². The van der Waals surface area contributed by atoms with Crippen molar-refractivity contribution in [1.29, 1.82) is 0 Å². The number of aromatic amines is 1. The van der Waals surface area contributed by atoms with Gasteiger partial charge < -0.3 is 14.8 Å². The number of nitrogens with zero attached hydrogens (tertiary/aromatic N) is 8. The monoisotopic (exact) mass is 838 g/mol. The molecule has 3 aliphatic rings. The fraction of sp³-hybridized carbons (Fsp3) is 0.432. The van der Waals surface area contributed by atoms with Crippen molar-refractivity contribution in [3.63, 3.8) is 0 Å². The third-order valence-electron chi connectivity index (χ3n) is 12.0. The Hall–Kier alpha value is -5.16. The molecule has 3 aliphatic heterocycles. The predicted octanol–water partition coefficient (Wildman–Crippen LogP) is 7.92. The number of fused-ring (bicyclic) bond motifs is 6. The number of nitrogens with one attached hydrogen (secondary N) is 2. The second-order valence-corrected chi connectivity index (χ2v) is 17.4. The number of halogens is 3. The number of hydrogen-bond acceptors (Lipinski definition) is 11.